The second-order valence-electron chi connectivity index (χ2n) is 7.56. The van der Waals surface area contributed by atoms with Crippen molar-refractivity contribution in [3.05, 3.63) is 24.5 Å². The lowest BCUT2D eigenvalue weighted by Gasteiger charge is -2.36. The monoisotopic (exact) mass is 446 g/mol. The summed E-state index contributed by atoms with van der Waals surface area (Å²) >= 11 is 0. The third-order valence-corrected chi connectivity index (χ3v) is 5.70. The van der Waals surface area contributed by atoms with Gasteiger partial charge in [-0.05, 0) is 43.9 Å². The number of hydrogen-bond donors (Lipinski definition) is 1. The lowest BCUT2D eigenvalue weighted by molar-refractivity contribution is -0.138. The predicted molar refractivity (Wildman–Crippen MR) is 118 cm³/mol. The molecule has 3 heterocycles. The number of piperazine rings is 1. The van der Waals surface area contributed by atoms with Gasteiger partial charge in [-0.2, -0.15) is 0 Å². The van der Waals surface area contributed by atoms with E-state index in [0.717, 1.165) is 52.0 Å². The van der Waals surface area contributed by atoms with Gasteiger partial charge in [0, 0.05) is 70.2 Å². The van der Waals surface area contributed by atoms with E-state index in [4.69, 9.17) is 5.11 Å². The Hall–Kier alpha value is -1.57. The van der Waals surface area contributed by atoms with Gasteiger partial charge in [-0.25, -0.2) is 0 Å². The maximum atomic E-state index is 12.4. The third-order valence-electron chi connectivity index (χ3n) is 5.70. The topological polar surface area (TPSA) is 77.0 Å². The van der Waals surface area contributed by atoms with Crippen LogP contribution >= 0.6 is 24.8 Å². The van der Waals surface area contributed by atoms with Gasteiger partial charge in [-0.1, -0.05) is 0 Å². The summed E-state index contributed by atoms with van der Waals surface area (Å²) in [5, 5.41) is 8.87. The Labute approximate surface area is 185 Å². The molecule has 0 unspecified atom stereocenters. The Morgan fingerprint density at radius 3 is 2.21 bits per heavy atom. The molecule has 29 heavy (non-hydrogen) atoms. The molecule has 0 saturated carbocycles. The first kappa shape index (κ1) is 25.5. The number of nitrogens with zero attached hydrogens (tertiary/aromatic N) is 4. The lowest BCUT2D eigenvalue weighted by atomic mass is 9.93. The van der Waals surface area contributed by atoms with Crippen LogP contribution < -0.4 is 4.90 Å². The highest BCUT2D eigenvalue weighted by atomic mass is 35.5. The van der Waals surface area contributed by atoms with Crippen LogP contribution in [0, 0.1) is 5.92 Å². The smallest absolute Gasteiger partial charge is 0.303 e. The van der Waals surface area contributed by atoms with E-state index in [-0.39, 0.29) is 43.1 Å². The Bertz CT molecular complexity index is 619. The van der Waals surface area contributed by atoms with Crippen LogP contribution in [0.5, 0.6) is 0 Å². The lowest BCUT2D eigenvalue weighted by Crippen LogP contribution is -2.46. The molecule has 3 rings (SSSR count). The maximum Gasteiger partial charge on any atom is 0.303 e. The Balaban J connectivity index is 0.00000210. The van der Waals surface area contributed by atoms with E-state index in [2.05, 4.69) is 14.8 Å². The summed E-state index contributed by atoms with van der Waals surface area (Å²) in [6.45, 7) is 6.45. The fourth-order valence-electron chi connectivity index (χ4n) is 4.03. The number of aromatic nitrogens is 1. The molecule has 1 N–H and O–H groups in total. The van der Waals surface area contributed by atoms with Crippen molar-refractivity contribution in [2.45, 2.75) is 32.1 Å². The standard InChI is InChI=1S/C20H30N4O3.2ClH/c25-19(24-10-5-17(6-11-24)16-20(26)27)2-1-9-22-12-14-23(15-13-22)18-3-7-21-8-4-18;;/h3-4,7-8,17H,1-2,5-6,9-16H2,(H,26,27);2*1H. The Kier molecular flexibility index (Phi) is 11.3. The van der Waals surface area contributed by atoms with Crippen LogP contribution in [0.25, 0.3) is 0 Å². The summed E-state index contributed by atoms with van der Waals surface area (Å²) in [6.07, 6.45) is 7.00. The number of carboxylic acids is 1. The highest BCUT2D eigenvalue weighted by Crippen LogP contribution is 2.21. The number of piperidine rings is 1. The minimum Gasteiger partial charge on any atom is -0.481 e. The first-order valence-electron chi connectivity index (χ1n) is 9.98. The minimum absolute atomic E-state index is 0. The third kappa shape index (κ3) is 7.99. The number of likely N-dealkylation sites (tertiary alicyclic amines) is 1. The second-order valence-corrected chi connectivity index (χ2v) is 7.56. The zero-order valence-electron chi connectivity index (χ0n) is 16.7. The van der Waals surface area contributed by atoms with E-state index >= 15 is 0 Å². The van der Waals surface area contributed by atoms with Crippen LogP contribution in [0.3, 0.4) is 0 Å². The number of anilines is 1. The van der Waals surface area contributed by atoms with E-state index in [0.29, 0.717) is 19.5 Å². The molecular formula is C20H32Cl2N4O3. The molecule has 7 nitrogen and oxygen atoms in total. The van der Waals surface area contributed by atoms with Crippen LogP contribution in [-0.2, 0) is 9.59 Å². The fourth-order valence-corrected chi connectivity index (χ4v) is 4.03. The molecule has 0 spiro atoms. The summed E-state index contributed by atoms with van der Waals surface area (Å²) in [6, 6.07) is 4.10. The molecule has 0 atom stereocenters. The number of pyridine rings is 1. The summed E-state index contributed by atoms with van der Waals surface area (Å²) in [5.41, 5.74) is 1.23. The van der Waals surface area contributed by atoms with Crippen molar-refractivity contribution in [3.63, 3.8) is 0 Å². The molecule has 2 aliphatic heterocycles. The Morgan fingerprint density at radius 1 is 1.00 bits per heavy atom. The molecule has 164 valence electrons. The molecule has 0 aromatic carbocycles. The van der Waals surface area contributed by atoms with Gasteiger partial charge in [0.15, 0.2) is 0 Å². The largest absolute Gasteiger partial charge is 0.481 e. The number of aliphatic carboxylic acids is 1. The van der Waals surface area contributed by atoms with Crippen molar-refractivity contribution in [1.82, 2.24) is 14.8 Å². The number of carbonyl (C=O) groups is 2. The van der Waals surface area contributed by atoms with Gasteiger partial charge in [0.05, 0.1) is 0 Å². The van der Waals surface area contributed by atoms with Gasteiger partial charge in [-0.3, -0.25) is 19.5 Å². The SMILES string of the molecule is Cl.Cl.O=C(O)CC1CCN(C(=O)CCCN2CCN(c3ccncc3)CC2)CC1. The van der Waals surface area contributed by atoms with Gasteiger partial charge in [0.2, 0.25) is 5.91 Å². The molecule has 0 aliphatic carbocycles. The molecule has 1 aromatic rings. The first-order valence-corrected chi connectivity index (χ1v) is 9.98. The number of carbonyl (C=O) groups excluding carboxylic acids is 1. The van der Waals surface area contributed by atoms with Gasteiger partial charge < -0.3 is 14.9 Å². The summed E-state index contributed by atoms with van der Waals surface area (Å²) in [5.74, 6) is -0.286. The molecule has 1 amide bonds. The van der Waals surface area contributed by atoms with Crippen molar-refractivity contribution in [1.29, 1.82) is 0 Å². The molecular weight excluding hydrogens is 415 g/mol. The molecule has 0 radical (unpaired) electrons. The minimum atomic E-state index is -0.733. The van der Waals surface area contributed by atoms with Crippen LogP contribution in [0.15, 0.2) is 24.5 Å². The quantitative estimate of drug-likeness (QED) is 0.693. The van der Waals surface area contributed by atoms with Gasteiger partial charge in [0.25, 0.3) is 0 Å². The summed E-state index contributed by atoms with van der Waals surface area (Å²) in [7, 11) is 0. The first-order chi connectivity index (χ1) is 13.1. The van der Waals surface area contributed by atoms with E-state index in [1.807, 2.05) is 29.4 Å². The highest BCUT2D eigenvalue weighted by Gasteiger charge is 2.24. The van der Waals surface area contributed by atoms with Crippen molar-refractivity contribution in [2.24, 2.45) is 5.92 Å². The molecule has 2 saturated heterocycles. The average molecular weight is 447 g/mol. The highest BCUT2D eigenvalue weighted by molar-refractivity contribution is 5.85. The van der Waals surface area contributed by atoms with Crippen molar-refractivity contribution >= 4 is 42.4 Å². The van der Waals surface area contributed by atoms with Gasteiger partial charge in [-0.15, -0.1) is 24.8 Å². The van der Waals surface area contributed by atoms with Crippen LogP contribution in [0.2, 0.25) is 0 Å². The number of hydrogen-bond acceptors (Lipinski definition) is 5. The van der Waals surface area contributed by atoms with Crippen LogP contribution in [0.4, 0.5) is 5.69 Å². The predicted octanol–water partition coefficient (Wildman–Crippen LogP) is 2.54. The number of amides is 1. The zero-order chi connectivity index (χ0) is 19.1. The molecule has 2 fully saturated rings. The van der Waals surface area contributed by atoms with Crippen molar-refractivity contribution < 1.29 is 14.7 Å². The molecule has 9 heteroatoms. The fraction of sp³-hybridized carbons (Fsp3) is 0.650. The summed E-state index contributed by atoms with van der Waals surface area (Å²) < 4.78 is 0. The Morgan fingerprint density at radius 2 is 1.62 bits per heavy atom. The van der Waals surface area contributed by atoms with E-state index in [1.165, 1.54) is 5.69 Å². The number of halogens is 2. The van der Waals surface area contributed by atoms with Gasteiger partial charge >= 0.3 is 5.97 Å². The molecule has 0 bridgehead atoms. The maximum absolute atomic E-state index is 12.4. The average Bonchev–Trinajstić information content (AvgIpc) is 2.69. The zero-order valence-corrected chi connectivity index (χ0v) is 18.4. The normalized spacial score (nSPS) is 17.9. The van der Waals surface area contributed by atoms with Crippen molar-refractivity contribution in [3.8, 4) is 0 Å². The molecule has 2 aliphatic rings. The van der Waals surface area contributed by atoms with Crippen LogP contribution in [0.1, 0.15) is 32.1 Å². The van der Waals surface area contributed by atoms with Gasteiger partial charge in [0.1, 0.15) is 0 Å². The van der Waals surface area contributed by atoms with Crippen molar-refractivity contribution in [2.75, 3.05) is 50.7 Å². The van der Waals surface area contributed by atoms with E-state index < -0.39 is 5.97 Å². The summed E-state index contributed by atoms with van der Waals surface area (Å²) in [4.78, 5) is 34.0. The number of carboxylic acid groups (broad SMARTS) is 1. The molecule has 1 aromatic heterocycles. The van der Waals surface area contributed by atoms with E-state index in [9.17, 15) is 9.59 Å². The van der Waals surface area contributed by atoms with Crippen LogP contribution in [-0.4, -0.2) is 77.6 Å². The number of rotatable bonds is 7. The van der Waals surface area contributed by atoms with E-state index in [1.54, 1.807) is 0 Å². The second kappa shape index (κ2) is 12.9.